The van der Waals surface area contributed by atoms with Crippen molar-refractivity contribution in [3.05, 3.63) is 51.6 Å². The predicted molar refractivity (Wildman–Crippen MR) is 91.1 cm³/mol. The molecular weight excluding hydrogens is 372 g/mol. The number of hydrogen-bond acceptors (Lipinski definition) is 4. The number of ether oxygens (including phenoxy) is 1. The summed E-state index contributed by atoms with van der Waals surface area (Å²) in [5.41, 5.74) is 1.20. The lowest BCUT2D eigenvalue weighted by molar-refractivity contribution is 0.199. The number of aromatic nitrogens is 1. The summed E-state index contributed by atoms with van der Waals surface area (Å²) in [5, 5.41) is 5.02. The van der Waals surface area contributed by atoms with Gasteiger partial charge in [0.1, 0.15) is 5.03 Å². The van der Waals surface area contributed by atoms with Crippen molar-refractivity contribution in [3.8, 4) is 0 Å². The van der Waals surface area contributed by atoms with E-state index < -0.39 is 0 Å². The highest BCUT2D eigenvalue weighted by Crippen LogP contribution is 2.31. The lowest BCUT2D eigenvalue weighted by Crippen LogP contribution is -2.18. The first-order valence-electron chi connectivity index (χ1n) is 6.46. The van der Waals surface area contributed by atoms with Crippen LogP contribution >= 0.6 is 39.3 Å². The summed E-state index contributed by atoms with van der Waals surface area (Å²) < 4.78 is 6.00. The van der Waals surface area contributed by atoms with Crippen molar-refractivity contribution in [1.82, 2.24) is 10.3 Å². The van der Waals surface area contributed by atoms with Crippen LogP contribution in [0.5, 0.6) is 0 Å². The summed E-state index contributed by atoms with van der Waals surface area (Å²) in [6.45, 7) is 2.30. The van der Waals surface area contributed by atoms with E-state index in [9.17, 15) is 0 Å². The minimum Gasteiger partial charge on any atom is -0.383 e. The molecule has 2 aromatic rings. The molecule has 0 aliphatic rings. The van der Waals surface area contributed by atoms with Gasteiger partial charge in [-0.15, -0.1) is 0 Å². The molecule has 6 heteroatoms. The Hall–Kier alpha value is -0.590. The van der Waals surface area contributed by atoms with Gasteiger partial charge < -0.3 is 10.1 Å². The van der Waals surface area contributed by atoms with Crippen molar-refractivity contribution in [2.45, 2.75) is 16.5 Å². The molecule has 0 saturated heterocycles. The van der Waals surface area contributed by atoms with Gasteiger partial charge in [-0.1, -0.05) is 29.4 Å². The average molecular weight is 388 g/mol. The Morgan fingerprint density at radius 2 is 2.19 bits per heavy atom. The number of rotatable bonds is 7. The van der Waals surface area contributed by atoms with E-state index in [-0.39, 0.29) is 0 Å². The van der Waals surface area contributed by atoms with Gasteiger partial charge in [0.05, 0.1) is 6.61 Å². The smallest absolute Gasteiger partial charge is 0.101 e. The van der Waals surface area contributed by atoms with Crippen LogP contribution < -0.4 is 5.32 Å². The number of benzene rings is 1. The maximum atomic E-state index is 6.11. The van der Waals surface area contributed by atoms with Gasteiger partial charge in [-0.2, -0.15) is 0 Å². The van der Waals surface area contributed by atoms with Crippen molar-refractivity contribution in [2.24, 2.45) is 0 Å². The summed E-state index contributed by atoms with van der Waals surface area (Å²) in [6.07, 6.45) is 1.80. The normalized spacial score (nSPS) is 10.8. The van der Waals surface area contributed by atoms with E-state index in [0.717, 1.165) is 32.5 Å². The minimum absolute atomic E-state index is 0.699. The Balaban J connectivity index is 2.09. The number of hydrogen-bond donors (Lipinski definition) is 1. The molecule has 1 N–H and O–H groups in total. The van der Waals surface area contributed by atoms with Gasteiger partial charge in [-0.05, 0) is 45.8 Å². The highest BCUT2D eigenvalue weighted by Gasteiger charge is 2.06. The molecule has 0 amide bonds. The fourth-order valence-corrected chi connectivity index (χ4v) is 3.10. The van der Waals surface area contributed by atoms with Crippen molar-refractivity contribution < 1.29 is 4.74 Å². The second-order valence-electron chi connectivity index (χ2n) is 4.34. The third-order valence-electron chi connectivity index (χ3n) is 2.74. The van der Waals surface area contributed by atoms with Crippen LogP contribution in [0.3, 0.4) is 0 Å². The molecule has 0 spiro atoms. The fraction of sp³-hybridized carbons (Fsp3) is 0.267. The lowest BCUT2D eigenvalue weighted by atomic mass is 10.2. The number of halogens is 2. The molecule has 21 heavy (non-hydrogen) atoms. The molecule has 0 fully saturated rings. The highest BCUT2D eigenvalue weighted by atomic mass is 79.9. The van der Waals surface area contributed by atoms with Crippen molar-refractivity contribution in [1.29, 1.82) is 0 Å². The zero-order valence-corrected chi connectivity index (χ0v) is 14.8. The lowest BCUT2D eigenvalue weighted by Gasteiger charge is -2.10. The largest absolute Gasteiger partial charge is 0.383 e. The van der Waals surface area contributed by atoms with Gasteiger partial charge >= 0.3 is 0 Å². The second-order valence-corrected chi connectivity index (χ2v) is 6.75. The van der Waals surface area contributed by atoms with E-state index in [1.54, 1.807) is 25.1 Å². The summed E-state index contributed by atoms with van der Waals surface area (Å²) in [4.78, 5) is 5.50. The highest BCUT2D eigenvalue weighted by molar-refractivity contribution is 9.10. The zero-order valence-electron chi connectivity index (χ0n) is 11.6. The first kappa shape index (κ1) is 16.8. The Labute approximate surface area is 142 Å². The molecule has 1 aromatic carbocycles. The third-order valence-corrected chi connectivity index (χ3v) is 4.50. The fourth-order valence-electron chi connectivity index (χ4n) is 1.70. The molecule has 0 unspecified atom stereocenters. The van der Waals surface area contributed by atoms with E-state index >= 15 is 0 Å². The van der Waals surface area contributed by atoms with Gasteiger partial charge in [-0.25, -0.2) is 4.98 Å². The average Bonchev–Trinajstić information content (AvgIpc) is 2.48. The SMILES string of the molecule is COCCNCc1ccc(Cl)cc1Sc1ccc(Br)cn1. The topological polar surface area (TPSA) is 34.1 Å². The van der Waals surface area contributed by atoms with Gasteiger partial charge in [0.25, 0.3) is 0 Å². The number of nitrogens with one attached hydrogen (secondary N) is 1. The molecule has 1 aromatic heterocycles. The Morgan fingerprint density at radius 3 is 2.90 bits per heavy atom. The van der Waals surface area contributed by atoms with Crippen LogP contribution in [0.4, 0.5) is 0 Å². The van der Waals surface area contributed by atoms with E-state index in [1.807, 2.05) is 30.3 Å². The summed E-state index contributed by atoms with van der Waals surface area (Å²) >= 11 is 11.1. The molecule has 0 aliphatic heterocycles. The first-order chi connectivity index (χ1) is 10.2. The van der Waals surface area contributed by atoms with Crippen molar-refractivity contribution in [3.63, 3.8) is 0 Å². The third kappa shape index (κ3) is 5.60. The van der Waals surface area contributed by atoms with Gasteiger partial charge in [-0.3, -0.25) is 0 Å². The Morgan fingerprint density at radius 1 is 1.33 bits per heavy atom. The van der Waals surface area contributed by atoms with Crippen LogP contribution in [0, 0.1) is 0 Å². The maximum Gasteiger partial charge on any atom is 0.101 e. The van der Waals surface area contributed by atoms with Gasteiger partial charge in [0.2, 0.25) is 0 Å². The van der Waals surface area contributed by atoms with Crippen LogP contribution in [0.25, 0.3) is 0 Å². The quantitative estimate of drug-likeness (QED) is 0.715. The van der Waals surface area contributed by atoms with E-state index in [0.29, 0.717) is 6.61 Å². The van der Waals surface area contributed by atoms with E-state index in [1.165, 1.54) is 5.56 Å². The number of nitrogens with zero attached hydrogens (tertiary/aromatic N) is 1. The van der Waals surface area contributed by atoms with Crippen molar-refractivity contribution in [2.75, 3.05) is 20.3 Å². The molecule has 3 nitrogen and oxygen atoms in total. The monoisotopic (exact) mass is 386 g/mol. The zero-order chi connectivity index (χ0) is 15.1. The first-order valence-corrected chi connectivity index (χ1v) is 8.45. The van der Waals surface area contributed by atoms with E-state index in [2.05, 4.69) is 26.2 Å². The van der Waals surface area contributed by atoms with Crippen molar-refractivity contribution >= 4 is 39.3 Å². The minimum atomic E-state index is 0.699. The summed E-state index contributed by atoms with van der Waals surface area (Å²) in [6, 6.07) is 9.90. The number of methoxy groups -OCH3 is 1. The van der Waals surface area contributed by atoms with Crippen LogP contribution in [-0.4, -0.2) is 25.2 Å². The van der Waals surface area contributed by atoms with Crippen LogP contribution in [0.2, 0.25) is 5.02 Å². The van der Waals surface area contributed by atoms with Crippen LogP contribution in [-0.2, 0) is 11.3 Å². The standard InChI is InChI=1S/C15H16BrClN2OS/c1-20-7-6-18-9-11-2-4-13(17)8-14(11)21-15-5-3-12(16)10-19-15/h2-5,8,10,18H,6-7,9H2,1H3. The molecule has 112 valence electrons. The molecule has 0 aliphatic carbocycles. The molecule has 0 radical (unpaired) electrons. The second kappa shape index (κ2) is 8.76. The predicted octanol–water partition coefficient (Wildman–Crippen LogP) is 4.38. The van der Waals surface area contributed by atoms with Crippen LogP contribution in [0.15, 0.2) is 50.9 Å². The molecular formula is C15H16BrClN2OS. The Kier molecular flexibility index (Phi) is 6.99. The van der Waals surface area contributed by atoms with Gasteiger partial charge in [0.15, 0.2) is 0 Å². The molecule has 1 heterocycles. The summed E-state index contributed by atoms with van der Waals surface area (Å²) in [5.74, 6) is 0. The molecule has 2 rings (SSSR count). The molecule has 0 atom stereocenters. The number of pyridine rings is 1. The van der Waals surface area contributed by atoms with Crippen LogP contribution in [0.1, 0.15) is 5.56 Å². The Bertz CT molecular complexity index is 580. The summed E-state index contributed by atoms with van der Waals surface area (Å²) in [7, 11) is 1.70. The van der Waals surface area contributed by atoms with Gasteiger partial charge in [0, 0.05) is 40.8 Å². The van der Waals surface area contributed by atoms with E-state index in [4.69, 9.17) is 16.3 Å². The molecule has 0 saturated carbocycles. The molecule has 0 bridgehead atoms. The maximum absolute atomic E-state index is 6.11.